The fraction of sp³-hybridized carbons (Fsp3) is 0.875. The number of aliphatic hydroxyl groups excluding tert-OH is 1. The first-order chi connectivity index (χ1) is 6.13. The number of rotatable bonds is 4. The van der Waals surface area contributed by atoms with Crippen molar-refractivity contribution in [3.63, 3.8) is 0 Å². The van der Waals surface area contributed by atoms with Crippen LogP contribution >= 0.6 is 0 Å². The summed E-state index contributed by atoms with van der Waals surface area (Å²) < 4.78 is 5.02. The summed E-state index contributed by atoms with van der Waals surface area (Å²) in [5, 5.41) is 17.9. The Hall–Kier alpha value is -0.650. The van der Waals surface area contributed by atoms with Gasteiger partial charge in [-0.25, -0.2) is 0 Å². The van der Waals surface area contributed by atoms with Crippen molar-refractivity contribution in [2.75, 3.05) is 26.7 Å². The number of aliphatic carboxylic acids is 1. The summed E-state index contributed by atoms with van der Waals surface area (Å²) in [6.45, 7) is 1.60. The Morgan fingerprint density at radius 3 is 2.77 bits per heavy atom. The average Bonchev–Trinajstić information content (AvgIpc) is 2.43. The van der Waals surface area contributed by atoms with Crippen LogP contribution in [0.2, 0.25) is 0 Å². The molecule has 5 nitrogen and oxygen atoms in total. The van der Waals surface area contributed by atoms with Gasteiger partial charge < -0.3 is 14.9 Å². The van der Waals surface area contributed by atoms with Crippen LogP contribution in [0.3, 0.4) is 0 Å². The van der Waals surface area contributed by atoms with Crippen molar-refractivity contribution in [2.24, 2.45) is 0 Å². The van der Waals surface area contributed by atoms with E-state index in [4.69, 9.17) is 9.84 Å². The van der Waals surface area contributed by atoms with Crippen LogP contribution in [0.25, 0.3) is 0 Å². The minimum absolute atomic E-state index is 0.114. The molecule has 5 heteroatoms. The van der Waals surface area contributed by atoms with Crippen molar-refractivity contribution in [1.29, 1.82) is 0 Å². The number of nitrogens with zero attached hydrogens (tertiary/aromatic N) is 1. The highest BCUT2D eigenvalue weighted by molar-refractivity contribution is 5.66. The number of carbonyl (C=O) groups is 1. The van der Waals surface area contributed by atoms with Gasteiger partial charge in [0.25, 0.3) is 0 Å². The number of aliphatic hydroxyl groups is 1. The summed E-state index contributed by atoms with van der Waals surface area (Å²) in [5.74, 6) is -0.810. The zero-order chi connectivity index (χ0) is 9.84. The highest BCUT2D eigenvalue weighted by atomic mass is 16.5. The smallest absolute Gasteiger partial charge is 0.304 e. The topological polar surface area (TPSA) is 70.0 Å². The lowest BCUT2D eigenvalue weighted by Gasteiger charge is -2.12. The summed E-state index contributed by atoms with van der Waals surface area (Å²) >= 11 is 0. The third kappa shape index (κ3) is 2.95. The van der Waals surface area contributed by atoms with E-state index in [1.54, 1.807) is 7.11 Å². The molecule has 0 spiro atoms. The van der Waals surface area contributed by atoms with E-state index in [2.05, 4.69) is 0 Å². The second-order valence-corrected chi connectivity index (χ2v) is 3.24. The lowest BCUT2D eigenvalue weighted by atomic mass is 10.3. The molecule has 76 valence electrons. The molecule has 0 bridgehead atoms. The molecule has 1 aliphatic heterocycles. The Bertz CT molecular complexity index is 185. The van der Waals surface area contributed by atoms with Crippen LogP contribution in [-0.2, 0) is 9.53 Å². The van der Waals surface area contributed by atoms with E-state index in [0.717, 1.165) is 0 Å². The molecule has 0 unspecified atom stereocenters. The van der Waals surface area contributed by atoms with E-state index >= 15 is 0 Å². The quantitative estimate of drug-likeness (QED) is 0.603. The SMILES string of the molecule is CO[C@@H]1CN(CCC(=O)O)C[C@@H]1O. The number of carboxylic acid groups (broad SMARTS) is 1. The lowest BCUT2D eigenvalue weighted by Crippen LogP contribution is -2.25. The molecule has 1 saturated heterocycles. The van der Waals surface area contributed by atoms with Crippen LogP contribution in [0.4, 0.5) is 0 Å². The number of methoxy groups -OCH3 is 1. The first kappa shape index (κ1) is 10.4. The van der Waals surface area contributed by atoms with Crippen molar-refractivity contribution < 1.29 is 19.7 Å². The maximum Gasteiger partial charge on any atom is 0.304 e. The predicted octanol–water partition coefficient (Wildman–Crippen LogP) is -0.847. The zero-order valence-electron chi connectivity index (χ0n) is 7.64. The summed E-state index contributed by atoms with van der Waals surface area (Å²) in [6.07, 6.45) is -0.545. The molecule has 1 rings (SSSR count). The van der Waals surface area contributed by atoms with Crippen LogP contribution in [0.5, 0.6) is 0 Å². The Morgan fingerprint density at radius 1 is 1.62 bits per heavy atom. The molecule has 0 radical (unpaired) electrons. The van der Waals surface area contributed by atoms with Crippen LogP contribution in [0.15, 0.2) is 0 Å². The standard InChI is InChI=1S/C8H15NO4/c1-13-7-5-9(4-6(7)10)3-2-8(11)12/h6-7,10H,2-5H2,1H3,(H,11,12)/t6-,7+/m0/s1. The van der Waals surface area contributed by atoms with Crippen molar-refractivity contribution in [1.82, 2.24) is 4.90 Å². The van der Waals surface area contributed by atoms with Crippen molar-refractivity contribution in [3.8, 4) is 0 Å². The van der Waals surface area contributed by atoms with Gasteiger partial charge in [0.15, 0.2) is 0 Å². The largest absolute Gasteiger partial charge is 0.481 e. The summed E-state index contributed by atoms with van der Waals surface area (Å²) in [7, 11) is 1.55. The van der Waals surface area contributed by atoms with Crippen molar-refractivity contribution in [3.05, 3.63) is 0 Å². The van der Waals surface area contributed by atoms with E-state index in [1.165, 1.54) is 0 Å². The van der Waals surface area contributed by atoms with Crippen LogP contribution in [0, 0.1) is 0 Å². The maximum absolute atomic E-state index is 10.3. The fourth-order valence-corrected chi connectivity index (χ4v) is 1.50. The van der Waals surface area contributed by atoms with E-state index in [-0.39, 0.29) is 12.5 Å². The second kappa shape index (κ2) is 4.55. The van der Waals surface area contributed by atoms with Crippen molar-refractivity contribution in [2.45, 2.75) is 18.6 Å². The van der Waals surface area contributed by atoms with Gasteiger partial charge in [-0.05, 0) is 0 Å². The maximum atomic E-state index is 10.3. The fourth-order valence-electron chi connectivity index (χ4n) is 1.50. The molecular formula is C8H15NO4. The number of hydrogen-bond acceptors (Lipinski definition) is 4. The van der Waals surface area contributed by atoms with Gasteiger partial charge in [-0.1, -0.05) is 0 Å². The molecule has 13 heavy (non-hydrogen) atoms. The highest BCUT2D eigenvalue weighted by Crippen LogP contribution is 2.12. The van der Waals surface area contributed by atoms with Gasteiger partial charge in [0, 0.05) is 26.7 Å². The Balaban J connectivity index is 2.27. The zero-order valence-corrected chi connectivity index (χ0v) is 7.64. The van der Waals surface area contributed by atoms with E-state index in [1.807, 2.05) is 4.90 Å². The molecule has 1 heterocycles. The Labute approximate surface area is 76.9 Å². The average molecular weight is 189 g/mol. The van der Waals surface area contributed by atoms with E-state index in [9.17, 15) is 9.90 Å². The normalized spacial score (nSPS) is 29.4. The Kier molecular flexibility index (Phi) is 3.65. The number of β-amino-alcohol motifs (C(OH)–C–C–N with tert-alkyl or cyclic N) is 1. The number of hydrogen-bond donors (Lipinski definition) is 2. The van der Waals surface area contributed by atoms with Crippen molar-refractivity contribution >= 4 is 5.97 Å². The van der Waals surface area contributed by atoms with Crippen LogP contribution in [0.1, 0.15) is 6.42 Å². The molecule has 0 aromatic carbocycles. The van der Waals surface area contributed by atoms with Gasteiger partial charge >= 0.3 is 5.97 Å². The van der Waals surface area contributed by atoms with Crippen LogP contribution in [-0.4, -0.2) is 60.0 Å². The van der Waals surface area contributed by atoms with E-state index < -0.39 is 12.1 Å². The second-order valence-electron chi connectivity index (χ2n) is 3.24. The molecule has 2 atom stereocenters. The van der Waals surface area contributed by atoms with Gasteiger partial charge in [-0.2, -0.15) is 0 Å². The van der Waals surface area contributed by atoms with Gasteiger partial charge in [-0.15, -0.1) is 0 Å². The molecular weight excluding hydrogens is 174 g/mol. The van der Waals surface area contributed by atoms with Gasteiger partial charge in [0.2, 0.25) is 0 Å². The minimum Gasteiger partial charge on any atom is -0.481 e. The summed E-state index contributed by atoms with van der Waals surface area (Å²) in [6, 6.07) is 0. The molecule has 2 N–H and O–H groups in total. The molecule has 1 fully saturated rings. The first-order valence-corrected chi connectivity index (χ1v) is 4.28. The van der Waals surface area contributed by atoms with E-state index in [0.29, 0.717) is 19.6 Å². The third-order valence-electron chi connectivity index (χ3n) is 2.26. The van der Waals surface area contributed by atoms with Gasteiger partial charge in [-0.3, -0.25) is 9.69 Å². The molecule has 0 aromatic heterocycles. The monoisotopic (exact) mass is 189 g/mol. The molecule has 1 aliphatic rings. The first-order valence-electron chi connectivity index (χ1n) is 4.28. The Morgan fingerprint density at radius 2 is 2.31 bits per heavy atom. The highest BCUT2D eigenvalue weighted by Gasteiger charge is 2.30. The predicted molar refractivity (Wildman–Crippen MR) is 45.5 cm³/mol. The summed E-state index contributed by atoms with van der Waals surface area (Å²) in [4.78, 5) is 12.2. The lowest BCUT2D eigenvalue weighted by molar-refractivity contribution is -0.137. The minimum atomic E-state index is -0.810. The third-order valence-corrected chi connectivity index (χ3v) is 2.26. The molecule has 0 amide bonds. The van der Waals surface area contributed by atoms with Gasteiger partial charge in [0.05, 0.1) is 18.6 Å². The summed E-state index contributed by atoms with van der Waals surface area (Å²) in [5.41, 5.74) is 0. The number of carboxylic acids is 1. The number of likely N-dealkylation sites (tertiary alicyclic amines) is 1. The number of ether oxygens (including phenoxy) is 1. The van der Waals surface area contributed by atoms with Gasteiger partial charge in [0.1, 0.15) is 0 Å². The van der Waals surface area contributed by atoms with Crippen LogP contribution < -0.4 is 0 Å². The molecule has 0 aromatic rings. The molecule has 0 saturated carbocycles. The molecule has 0 aliphatic carbocycles.